The van der Waals surface area contributed by atoms with Gasteiger partial charge in [0.1, 0.15) is 44.9 Å². The molecular weight excluding hydrogens is 348 g/mol. The van der Waals surface area contributed by atoms with Crippen LogP contribution < -0.4 is 15.4 Å². The van der Waals surface area contributed by atoms with Gasteiger partial charge in [-0.15, -0.1) is 0 Å². The van der Waals surface area contributed by atoms with Crippen LogP contribution in [0.1, 0.15) is 11.1 Å². The molecule has 0 radical (unpaired) electrons. The molecule has 0 aliphatic carbocycles. The van der Waals surface area contributed by atoms with Gasteiger partial charge in [-0.2, -0.15) is 0 Å². The SMILES string of the molecule is O=c1cc(C[NH+]2CC[NH+](Cc3ccccc3)CC2)c2cc(Cl)ccc2o1. The van der Waals surface area contributed by atoms with Crippen molar-refractivity contribution in [1.82, 2.24) is 0 Å². The van der Waals surface area contributed by atoms with Gasteiger partial charge in [0, 0.05) is 27.6 Å². The summed E-state index contributed by atoms with van der Waals surface area (Å²) in [6.07, 6.45) is 0. The van der Waals surface area contributed by atoms with Crippen LogP contribution in [-0.2, 0) is 13.1 Å². The molecule has 0 atom stereocenters. The first-order valence-corrected chi connectivity index (χ1v) is 9.48. The molecule has 2 aromatic carbocycles. The highest BCUT2D eigenvalue weighted by atomic mass is 35.5. The highest BCUT2D eigenvalue weighted by Gasteiger charge is 2.24. The first kappa shape index (κ1) is 17.3. The monoisotopic (exact) mass is 370 g/mol. The summed E-state index contributed by atoms with van der Waals surface area (Å²) in [6, 6.07) is 17.7. The smallest absolute Gasteiger partial charge is 0.336 e. The van der Waals surface area contributed by atoms with Crippen molar-refractivity contribution in [2.75, 3.05) is 26.2 Å². The first-order valence-electron chi connectivity index (χ1n) is 9.11. The maximum Gasteiger partial charge on any atom is 0.336 e. The van der Waals surface area contributed by atoms with E-state index in [4.69, 9.17) is 16.0 Å². The summed E-state index contributed by atoms with van der Waals surface area (Å²) >= 11 is 6.14. The molecule has 0 amide bonds. The number of rotatable bonds is 4. The molecule has 134 valence electrons. The van der Waals surface area contributed by atoms with Crippen molar-refractivity contribution in [3.63, 3.8) is 0 Å². The Bertz CT molecular complexity index is 947. The molecule has 4 rings (SSSR count). The number of halogens is 1. The molecule has 26 heavy (non-hydrogen) atoms. The fourth-order valence-electron chi connectivity index (χ4n) is 3.81. The zero-order chi connectivity index (χ0) is 17.9. The van der Waals surface area contributed by atoms with Gasteiger partial charge >= 0.3 is 5.63 Å². The number of hydrogen-bond acceptors (Lipinski definition) is 2. The van der Waals surface area contributed by atoms with E-state index in [1.165, 1.54) is 10.5 Å². The Morgan fingerprint density at radius 1 is 0.885 bits per heavy atom. The van der Waals surface area contributed by atoms with E-state index in [2.05, 4.69) is 30.3 Å². The Balaban J connectivity index is 1.44. The number of fused-ring (bicyclic) bond motifs is 1. The van der Waals surface area contributed by atoms with E-state index >= 15 is 0 Å². The molecule has 1 fully saturated rings. The summed E-state index contributed by atoms with van der Waals surface area (Å²) in [5.74, 6) is 0. The predicted molar refractivity (Wildman–Crippen MR) is 103 cm³/mol. The van der Waals surface area contributed by atoms with E-state index in [-0.39, 0.29) is 5.63 Å². The zero-order valence-corrected chi connectivity index (χ0v) is 15.4. The Hall–Kier alpha value is -2.14. The fraction of sp³-hybridized carbons (Fsp3) is 0.286. The highest BCUT2D eigenvalue weighted by Crippen LogP contribution is 2.21. The fourth-order valence-corrected chi connectivity index (χ4v) is 3.98. The number of hydrogen-bond donors (Lipinski definition) is 2. The quantitative estimate of drug-likeness (QED) is 0.671. The van der Waals surface area contributed by atoms with Crippen LogP contribution in [0.15, 0.2) is 63.8 Å². The van der Waals surface area contributed by atoms with Crippen molar-refractivity contribution in [2.45, 2.75) is 13.1 Å². The lowest BCUT2D eigenvalue weighted by Crippen LogP contribution is -3.27. The molecular formula is C21H23ClN2O2+2. The molecule has 1 saturated heterocycles. The number of piperazine rings is 1. The van der Waals surface area contributed by atoms with Crippen LogP contribution in [0, 0.1) is 0 Å². The highest BCUT2D eigenvalue weighted by molar-refractivity contribution is 6.31. The average molecular weight is 371 g/mol. The summed E-state index contributed by atoms with van der Waals surface area (Å²) in [7, 11) is 0. The van der Waals surface area contributed by atoms with E-state index < -0.39 is 0 Å². The van der Waals surface area contributed by atoms with Gasteiger partial charge in [-0.25, -0.2) is 4.79 Å². The van der Waals surface area contributed by atoms with E-state index in [0.29, 0.717) is 10.6 Å². The van der Waals surface area contributed by atoms with Crippen LogP contribution in [0.2, 0.25) is 5.02 Å². The van der Waals surface area contributed by atoms with Gasteiger partial charge in [-0.3, -0.25) is 0 Å². The van der Waals surface area contributed by atoms with Gasteiger partial charge in [0.05, 0.1) is 0 Å². The van der Waals surface area contributed by atoms with Crippen LogP contribution in [0.3, 0.4) is 0 Å². The third-order valence-corrected chi connectivity index (χ3v) is 5.43. The lowest BCUT2D eigenvalue weighted by Gasteiger charge is -2.30. The molecule has 0 spiro atoms. The summed E-state index contributed by atoms with van der Waals surface area (Å²) in [5.41, 5.74) is 2.75. The van der Waals surface area contributed by atoms with Crippen LogP contribution in [0.4, 0.5) is 0 Å². The lowest BCUT2D eigenvalue weighted by atomic mass is 10.1. The standard InChI is InChI=1S/C21H21ClN2O2/c22-18-6-7-20-19(13-18)17(12-21(25)26-20)15-24-10-8-23(9-11-24)14-16-4-2-1-3-5-16/h1-7,12-13H,8-11,14-15H2/p+2. The van der Waals surface area contributed by atoms with E-state index in [1.807, 2.05) is 6.07 Å². The normalized spacial score (nSPS) is 20.3. The summed E-state index contributed by atoms with van der Waals surface area (Å²) in [6.45, 7) is 6.41. The molecule has 2 heterocycles. The van der Waals surface area contributed by atoms with Crippen LogP contribution >= 0.6 is 11.6 Å². The lowest BCUT2D eigenvalue weighted by molar-refractivity contribution is -1.02. The maximum absolute atomic E-state index is 11.9. The first-order chi connectivity index (χ1) is 12.7. The molecule has 3 aromatic rings. The van der Waals surface area contributed by atoms with Crippen molar-refractivity contribution in [2.24, 2.45) is 0 Å². The second kappa shape index (κ2) is 7.62. The van der Waals surface area contributed by atoms with Crippen molar-refractivity contribution >= 4 is 22.6 Å². The Morgan fingerprint density at radius 3 is 2.31 bits per heavy atom. The van der Waals surface area contributed by atoms with Crippen LogP contribution in [-0.4, -0.2) is 26.2 Å². The summed E-state index contributed by atoms with van der Waals surface area (Å²) in [4.78, 5) is 15.0. The third-order valence-electron chi connectivity index (χ3n) is 5.19. The van der Waals surface area contributed by atoms with E-state index in [0.717, 1.165) is 50.2 Å². The largest absolute Gasteiger partial charge is 0.423 e. The molecule has 5 heteroatoms. The van der Waals surface area contributed by atoms with Crippen LogP contribution in [0.25, 0.3) is 11.0 Å². The second-order valence-electron chi connectivity index (χ2n) is 7.07. The van der Waals surface area contributed by atoms with Gasteiger partial charge in [0.15, 0.2) is 0 Å². The molecule has 0 unspecified atom stereocenters. The van der Waals surface area contributed by atoms with Gasteiger partial charge < -0.3 is 14.2 Å². The van der Waals surface area contributed by atoms with E-state index in [1.54, 1.807) is 23.1 Å². The molecule has 0 saturated carbocycles. The van der Waals surface area contributed by atoms with Crippen molar-refractivity contribution in [1.29, 1.82) is 0 Å². The maximum atomic E-state index is 11.9. The van der Waals surface area contributed by atoms with Gasteiger partial charge in [0.25, 0.3) is 0 Å². The molecule has 2 N–H and O–H groups in total. The van der Waals surface area contributed by atoms with Gasteiger partial charge in [-0.1, -0.05) is 41.9 Å². The molecule has 0 bridgehead atoms. The summed E-state index contributed by atoms with van der Waals surface area (Å²) < 4.78 is 5.30. The van der Waals surface area contributed by atoms with Crippen molar-refractivity contribution in [3.8, 4) is 0 Å². The van der Waals surface area contributed by atoms with Crippen LogP contribution in [0.5, 0.6) is 0 Å². The minimum Gasteiger partial charge on any atom is -0.423 e. The molecule has 4 nitrogen and oxygen atoms in total. The van der Waals surface area contributed by atoms with Crippen molar-refractivity contribution < 1.29 is 14.2 Å². The zero-order valence-electron chi connectivity index (χ0n) is 14.6. The predicted octanol–water partition coefficient (Wildman–Crippen LogP) is 0.930. The topological polar surface area (TPSA) is 39.1 Å². The minimum atomic E-state index is -0.289. The molecule has 1 aliphatic heterocycles. The number of quaternary nitrogens is 2. The van der Waals surface area contributed by atoms with E-state index in [9.17, 15) is 4.79 Å². The minimum absolute atomic E-state index is 0.289. The molecule has 1 aromatic heterocycles. The Morgan fingerprint density at radius 2 is 1.58 bits per heavy atom. The summed E-state index contributed by atoms with van der Waals surface area (Å²) in [5, 5.41) is 1.61. The van der Waals surface area contributed by atoms with Gasteiger partial charge in [0.2, 0.25) is 0 Å². The number of nitrogens with one attached hydrogen (secondary N) is 2. The van der Waals surface area contributed by atoms with Gasteiger partial charge in [-0.05, 0) is 18.2 Å². The average Bonchev–Trinajstić information content (AvgIpc) is 2.65. The van der Waals surface area contributed by atoms with Crippen molar-refractivity contribution in [3.05, 3.63) is 81.2 Å². The Kier molecular flexibility index (Phi) is 5.07. The third kappa shape index (κ3) is 3.98. The molecule has 1 aliphatic rings. The second-order valence-corrected chi connectivity index (χ2v) is 7.51. The number of benzene rings is 2. The Labute approximate surface area is 157 Å².